The van der Waals surface area contributed by atoms with Crippen LogP contribution < -0.4 is 5.73 Å². The Kier molecular flexibility index (Phi) is 3.76. The van der Waals surface area contributed by atoms with Gasteiger partial charge in [-0.2, -0.15) is 0 Å². The van der Waals surface area contributed by atoms with Crippen molar-refractivity contribution in [3.8, 4) is 0 Å². The number of rotatable bonds is 7. The first-order valence-corrected chi connectivity index (χ1v) is 8.89. The Morgan fingerprint density at radius 2 is 2.08 bits per heavy atom. The highest BCUT2D eigenvalue weighted by Gasteiger charge is 2.85. The molecule has 3 N–H and O–H groups in total. The van der Waals surface area contributed by atoms with Crippen molar-refractivity contribution in [2.75, 3.05) is 6.61 Å². The first-order valence-electron chi connectivity index (χ1n) is 8.51. The minimum Gasteiger partial charge on any atom is -0.479 e. The Balaban J connectivity index is 1.25. The standard InChI is InChI=1S/C18H20ClN3O3/c19-15-11(16(23)24)1-2-14(22-15)21-9-3-13(20)25-10-4-12-17(5-6-17)18(12)7-8-18/h1-3,9,12H,4-8,10,20H2,(H,23,24)/b13-3+,21-9?. The van der Waals surface area contributed by atoms with E-state index < -0.39 is 5.97 Å². The quantitative estimate of drug-likeness (QED) is 0.440. The Morgan fingerprint density at radius 3 is 2.64 bits per heavy atom. The van der Waals surface area contributed by atoms with Gasteiger partial charge in [-0.3, -0.25) is 0 Å². The average molecular weight is 362 g/mol. The molecule has 3 aliphatic rings. The summed E-state index contributed by atoms with van der Waals surface area (Å²) in [6.07, 6.45) is 9.75. The minimum absolute atomic E-state index is 0.0547. The number of aromatic nitrogens is 1. The van der Waals surface area contributed by atoms with Crippen LogP contribution in [0.4, 0.5) is 5.82 Å². The average Bonchev–Trinajstić information content (AvgIpc) is 3.46. The summed E-state index contributed by atoms with van der Waals surface area (Å²) in [5, 5.41) is 8.80. The lowest BCUT2D eigenvalue weighted by molar-refractivity contribution is 0.0696. The van der Waals surface area contributed by atoms with Crippen molar-refractivity contribution in [2.45, 2.75) is 32.1 Å². The van der Waals surface area contributed by atoms with E-state index in [1.807, 2.05) is 0 Å². The molecule has 0 atom stereocenters. The van der Waals surface area contributed by atoms with E-state index in [1.165, 1.54) is 44.0 Å². The van der Waals surface area contributed by atoms with Crippen LogP contribution in [0.5, 0.6) is 0 Å². The predicted octanol–water partition coefficient (Wildman–Crippen LogP) is 3.53. The lowest BCUT2D eigenvalue weighted by Gasteiger charge is -2.04. The van der Waals surface area contributed by atoms with Crippen LogP contribution in [-0.2, 0) is 4.74 Å². The van der Waals surface area contributed by atoms with Crippen LogP contribution in [0.2, 0.25) is 5.15 Å². The van der Waals surface area contributed by atoms with Gasteiger partial charge in [-0.25, -0.2) is 14.8 Å². The molecule has 1 aromatic heterocycles. The molecule has 6 nitrogen and oxygen atoms in total. The van der Waals surface area contributed by atoms with Gasteiger partial charge in [0, 0.05) is 12.3 Å². The van der Waals surface area contributed by atoms with Crippen molar-refractivity contribution < 1.29 is 14.6 Å². The van der Waals surface area contributed by atoms with E-state index in [9.17, 15) is 4.79 Å². The molecule has 0 aromatic carbocycles. The highest BCUT2D eigenvalue weighted by atomic mass is 35.5. The zero-order chi connectivity index (χ0) is 17.7. The topological polar surface area (TPSA) is 97.8 Å². The number of fused-ring (bicyclic) bond motifs is 1. The Bertz CT molecular complexity index is 764. The number of ether oxygens (including phenoxy) is 1. The van der Waals surface area contributed by atoms with Gasteiger partial charge in [-0.15, -0.1) is 0 Å². The molecule has 25 heavy (non-hydrogen) atoms. The molecule has 3 fully saturated rings. The third kappa shape index (κ3) is 2.78. The number of hydrogen-bond acceptors (Lipinski definition) is 5. The van der Waals surface area contributed by atoms with E-state index in [0.717, 1.165) is 12.3 Å². The molecule has 7 heteroatoms. The lowest BCUT2D eigenvalue weighted by atomic mass is 10.2. The van der Waals surface area contributed by atoms with Crippen molar-refractivity contribution in [2.24, 2.45) is 27.5 Å². The van der Waals surface area contributed by atoms with Gasteiger partial charge in [0.05, 0.1) is 12.2 Å². The van der Waals surface area contributed by atoms with Gasteiger partial charge in [-0.1, -0.05) is 11.6 Å². The Hall–Kier alpha value is -2.08. The van der Waals surface area contributed by atoms with Crippen LogP contribution in [0.1, 0.15) is 42.5 Å². The molecule has 1 aromatic rings. The second-order valence-electron chi connectivity index (χ2n) is 7.16. The van der Waals surface area contributed by atoms with Crippen molar-refractivity contribution in [3.63, 3.8) is 0 Å². The van der Waals surface area contributed by atoms with E-state index in [4.69, 9.17) is 27.2 Å². The molecular formula is C18H20ClN3O3. The summed E-state index contributed by atoms with van der Waals surface area (Å²) in [7, 11) is 0. The molecule has 0 bridgehead atoms. The maximum Gasteiger partial charge on any atom is 0.338 e. The molecule has 4 rings (SSSR count). The summed E-state index contributed by atoms with van der Waals surface area (Å²) >= 11 is 5.80. The molecule has 0 unspecified atom stereocenters. The van der Waals surface area contributed by atoms with Crippen LogP contribution in [-0.4, -0.2) is 28.9 Å². The van der Waals surface area contributed by atoms with Gasteiger partial charge in [0.2, 0.25) is 0 Å². The van der Waals surface area contributed by atoms with Gasteiger partial charge >= 0.3 is 5.97 Å². The van der Waals surface area contributed by atoms with E-state index in [0.29, 0.717) is 29.1 Å². The van der Waals surface area contributed by atoms with Gasteiger partial charge in [0.15, 0.2) is 11.7 Å². The van der Waals surface area contributed by atoms with Crippen molar-refractivity contribution >= 4 is 29.6 Å². The largest absolute Gasteiger partial charge is 0.479 e. The second kappa shape index (κ2) is 5.73. The number of carbonyl (C=O) groups is 1. The highest BCUT2D eigenvalue weighted by Crippen LogP contribution is 2.93. The van der Waals surface area contributed by atoms with Gasteiger partial charge in [0.1, 0.15) is 5.15 Å². The number of aromatic carboxylic acids is 1. The number of hydrogen-bond donors (Lipinski definition) is 2. The summed E-state index contributed by atoms with van der Waals surface area (Å²) in [5.74, 6) is 0.346. The summed E-state index contributed by atoms with van der Waals surface area (Å²) < 4.78 is 5.57. The number of aliphatic imine (C=N–C) groups is 1. The second-order valence-corrected chi connectivity index (χ2v) is 7.52. The molecule has 0 radical (unpaired) electrons. The number of halogens is 1. The summed E-state index contributed by atoms with van der Waals surface area (Å²) in [6, 6.07) is 2.85. The van der Waals surface area contributed by atoms with Crippen LogP contribution in [0.15, 0.2) is 29.1 Å². The maximum absolute atomic E-state index is 10.9. The first kappa shape index (κ1) is 16.4. The summed E-state index contributed by atoms with van der Waals surface area (Å²) in [4.78, 5) is 18.9. The number of nitrogens with zero attached hydrogens (tertiary/aromatic N) is 2. The van der Waals surface area contributed by atoms with Gasteiger partial charge in [-0.05, 0) is 61.0 Å². The van der Waals surface area contributed by atoms with Crippen molar-refractivity contribution in [1.29, 1.82) is 0 Å². The van der Waals surface area contributed by atoms with Crippen molar-refractivity contribution in [1.82, 2.24) is 4.98 Å². The predicted molar refractivity (Wildman–Crippen MR) is 94.0 cm³/mol. The van der Waals surface area contributed by atoms with E-state index in [1.54, 1.807) is 6.08 Å². The number of allylic oxidation sites excluding steroid dienone is 1. The van der Waals surface area contributed by atoms with Crippen molar-refractivity contribution in [3.05, 3.63) is 34.8 Å². The lowest BCUT2D eigenvalue weighted by Crippen LogP contribution is -2.05. The molecule has 3 saturated carbocycles. The van der Waals surface area contributed by atoms with Crippen LogP contribution in [0.25, 0.3) is 0 Å². The monoisotopic (exact) mass is 361 g/mol. The molecule has 1 heterocycles. The Labute approximate surface area is 150 Å². The smallest absolute Gasteiger partial charge is 0.338 e. The van der Waals surface area contributed by atoms with Crippen LogP contribution in [0, 0.1) is 16.7 Å². The Morgan fingerprint density at radius 1 is 1.40 bits per heavy atom. The third-order valence-electron chi connectivity index (χ3n) is 6.00. The normalized spacial score (nSPS) is 22.5. The third-order valence-corrected chi connectivity index (χ3v) is 6.29. The molecular weight excluding hydrogens is 342 g/mol. The van der Waals surface area contributed by atoms with E-state index in [-0.39, 0.29) is 10.7 Å². The van der Waals surface area contributed by atoms with Gasteiger partial charge < -0.3 is 15.6 Å². The fraction of sp³-hybridized carbons (Fsp3) is 0.500. The summed E-state index contributed by atoms with van der Waals surface area (Å²) in [6.45, 7) is 0.641. The van der Waals surface area contributed by atoms with E-state index >= 15 is 0 Å². The molecule has 3 aliphatic carbocycles. The molecule has 0 saturated heterocycles. The van der Waals surface area contributed by atoms with Crippen LogP contribution in [0.3, 0.4) is 0 Å². The first-order chi connectivity index (χ1) is 12.0. The minimum atomic E-state index is -1.12. The fourth-order valence-electron chi connectivity index (χ4n) is 4.54. The number of carboxylic acid groups (broad SMARTS) is 1. The zero-order valence-electron chi connectivity index (χ0n) is 13.7. The number of pyridine rings is 1. The highest BCUT2D eigenvalue weighted by molar-refractivity contribution is 6.32. The zero-order valence-corrected chi connectivity index (χ0v) is 14.5. The maximum atomic E-state index is 10.9. The summed E-state index contributed by atoms with van der Waals surface area (Å²) in [5.41, 5.74) is 7.17. The van der Waals surface area contributed by atoms with E-state index in [2.05, 4.69) is 9.98 Å². The molecule has 2 spiro atoms. The number of nitrogens with two attached hydrogens (primary N) is 1. The fourth-order valence-corrected chi connectivity index (χ4v) is 4.77. The number of carboxylic acids is 1. The molecule has 132 valence electrons. The molecule has 0 amide bonds. The van der Waals surface area contributed by atoms with Gasteiger partial charge in [0.25, 0.3) is 0 Å². The van der Waals surface area contributed by atoms with Crippen LogP contribution >= 0.6 is 11.6 Å². The SMILES string of the molecule is N/C(=C\C=Nc1ccc(C(=O)O)c(Cl)n1)OCCC1C2(CC2)C12CC2. The molecule has 0 aliphatic heterocycles.